The molecular weight excluding hydrogens is 294 g/mol. The van der Waals surface area contributed by atoms with E-state index in [9.17, 15) is 4.79 Å². The number of nitrogens with two attached hydrogens (primary N) is 1. The number of benzene rings is 1. The summed E-state index contributed by atoms with van der Waals surface area (Å²) in [5, 5.41) is 0. The van der Waals surface area contributed by atoms with E-state index in [1.807, 2.05) is 19.2 Å². The number of piperazine rings is 1. The number of amides is 1. The number of hydrogen-bond donors (Lipinski definition) is 1. The Hall–Kier alpha value is -0.910. The molecule has 1 aliphatic rings. The Kier molecular flexibility index (Phi) is 4.37. The SMILES string of the molecule is CN1CCN(C(CN)c2ccc(Br)cc2)CC1=O. The Balaban J connectivity index is 2.13. The minimum Gasteiger partial charge on any atom is -0.343 e. The summed E-state index contributed by atoms with van der Waals surface area (Å²) in [6.45, 7) is 2.62. The molecule has 2 N–H and O–H groups in total. The number of carbonyl (C=O) groups excluding carboxylic acids is 1. The van der Waals surface area contributed by atoms with Gasteiger partial charge >= 0.3 is 0 Å². The van der Waals surface area contributed by atoms with E-state index in [-0.39, 0.29) is 11.9 Å². The lowest BCUT2D eigenvalue weighted by atomic mass is 10.0. The third-order valence-corrected chi connectivity index (χ3v) is 3.93. The molecule has 1 saturated heterocycles. The van der Waals surface area contributed by atoms with Crippen molar-refractivity contribution in [1.82, 2.24) is 9.80 Å². The molecule has 1 fully saturated rings. The van der Waals surface area contributed by atoms with Crippen LogP contribution in [-0.4, -0.2) is 48.9 Å². The topological polar surface area (TPSA) is 49.6 Å². The second kappa shape index (κ2) is 5.82. The van der Waals surface area contributed by atoms with E-state index < -0.39 is 0 Å². The summed E-state index contributed by atoms with van der Waals surface area (Å²) in [5.74, 6) is 0.164. The fourth-order valence-corrected chi connectivity index (χ4v) is 2.49. The summed E-state index contributed by atoms with van der Waals surface area (Å²) >= 11 is 3.42. The first kappa shape index (κ1) is 13.5. The van der Waals surface area contributed by atoms with Gasteiger partial charge in [0.1, 0.15) is 0 Å². The Bertz CT molecular complexity index is 421. The molecule has 0 aromatic heterocycles. The number of halogens is 1. The maximum absolute atomic E-state index is 11.7. The van der Waals surface area contributed by atoms with Gasteiger partial charge in [-0.1, -0.05) is 28.1 Å². The Labute approximate surface area is 116 Å². The Morgan fingerprint density at radius 3 is 2.56 bits per heavy atom. The standard InChI is InChI=1S/C13H18BrN3O/c1-16-6-7-17(9-13(16)18)12(8-15)10-2-4-11(14)5-3-10/h2-5,12H,6-9,15H2,1H3. The van der Waals surface area contributed by atoms with E-state index >= 15 is 0 Å². The number of hydrogen-bond acceptors (Lipinski definition) is 3. The van der Waals surface area contributed by atoms with Crippen LogP contribution in [0, 0.1) is 0 Å². The van der Waals surface area contributed by atoms with Crippen molar-refractivity contribution in [1.29, 1.82) is 0 Å². The van der Waals surface area contributed by atoms with Crippen molar-refractivity contribution in [2.24, 2.45) is 5.73 Å². The van der Waals surface area contributed by atoms with Crippen LogP contribution in [0.2, 0.25) is 0 Å². The second-order valence-electron chi connectivity index (χ2n) is 4.59. The molecule has 2 rings (SSSR count). The van der Waals surface area contributed by atoms with Gasteiger partial charge in [0.25, 0.3) is 0 Å². The molecule has 1 amide bonds. The first-order valence-corrected chi connectivity index (χ1v) is 6.84. The molecule has 1 heterocycles. The van der Waals surface area contributed by atoms with E-state index in [2.05, 4.69) is 33.0 Å². The second-order valence-corrected chi connectivity index (χ2v) is 5.50. The highest BCUT2D eigenvalue weighted by Gasteiger charge is 2.27. The van der Waals surface area contributed by atoms with E-state index in [0.717, 1.165) is 23.1 Å². The molecule has 1 atom stereocenters. The van der Waals surface area contributed by atoms with Crippen LogP contribution in [0.5, 0.6) is 0 Å². The van der Waals surface area contributed by atoms with Crippen LogP contribution in [-0.2, 0) is 4.79 Å². The minimum atomic E-state index is 0.121. The smallest absolute Gasteiger partial charge is 0.236 e. The van der Waals surface area contributed by atoms with E-state index in [4.69, 9.17) is 5.73 Å². The molecule has 1 aromatic rings. The molecule has 0 aliphatic carbocycles. The molecule has 4 nitrogen and oxygen atoms in total. The van der Waals surface area contributed by atoms with Crippen molar-refractivity contribution >= 4 is 21.8 Å². The fourth-order valence-electron chi connectivity index (χ4n) is 2.22. The highest BCUT2D eigenvalue weighted by molar-refractivity contribution is 9.10. The molecule has 1 unspecified atom stereocenters. The average Bonchev–Trinajstić information content (AvgIpc) is 2.37. The lowest BCUT2D eigenvalue weighted by molar-refractivity contribution is -0.135. The van der Waals surface area contributed by atoms with Gasteiger partial charge in [-0.3, -0.25) is 9.69 Å². The summed E-state index contributed by atoms with van der Waals surface area (Å²) in [7, 11) is 1.84. The third kappa shape index (κ3) is 2.91. The predicted octanol–water partition coefficient (Wildman–Crippen LogP) is 1.22. The molecule has 1 aromatic carbocycles. The van der Waals surface area contributed by atoms with Crippen LogP contribution in [0.3, 0.4) is 0 Å². The van der Waals surface area contributed by atoms with Crippen LogP contribution in [0.1, 0.15) is 11.6 Å². The zero-order valence-electron chi connectivity index (χ0n) is 10.5. The minimum absolute atomic E-state index is 0.121. The summed E-state index contributed by atoms with van der Waals surface area (Å²) in [5.41, 5.74) is 7.04. The Morgan fingerprint density at radius 1 is 1.33 bits per heavy atom. The first-order chi connectivity index (χ1) is 8.61. The van der Waals surface area contributed by atoms with E-state index in [0.29, 0.717) is 13.1 Å². The summed E-state index contributed by atoms with van der Waals surface area (Å²) in [4.78, 5) is 15.7. The fraction of sp³-hybridized carbons (Fsp3) is 0.462. The third-order valence-electron chi connectivity index (χ3n) is 3.41. The van der Waals surface area contributed by atoms with Crippen LogP contribution in [0.15, 0.2) is 28.7 Å². The summed E-state index contributed by atoms with van der Waals surface area (Å²) in [6.07, 6.45) is 0. The van der Waals surface area contributed by atoms with Gasteiger partial charge in [-0.25, -0.2) is 0 Å². The lowest BCUT2D eigenvalue weighted by Gasteiger charge is -2.37. The van der Waals surface area contributed by atoms with Crippen molar-refractivity contribution in [3.8, 4) is 0 Å². The van der Waals surface area contributed by atoms with Gasteiger partial charge in [-0.05, 0) is 17.7 Å². The van der Waals surface area contributed by atoms with Gasteiger partial charge in [0.15, 0.2) is 0 Å². The normalized spacial score (nSPS) is 19.1. The number of carbonyl (C=O) groups is 1. The maximum atomic E-state index is 11.7. The van der Waals surface area contributed by atoms with Gasteiger partial charge in [0.05, 0.1) is 6.54 Å². The molecule has 98 valence electrons. The molecule has 1 aliphatic heterocycles. The van der Waals surface area contributed by atoms with E-state index in [1.54, 1.807) is 4.90 Å². The highest BCUT2D eigenvalue weighted by atomic mass is 79.9. The van der Waals surface area contributed by atoms with Crippen molar-refractivity contribution < 1.29 is 4.79 Å². The van der Waals surface area contributed by atoms with Crippen LogP contribution < -0.4 is 5.73 Å². The first-order valence-electron chi connectivity index (χ1n) is 6.05. The molecule has 5 heteroatoms. The van der Waals surface area contributed by atoms with Gasteiger partial charge in [-0.15, -0.1) is 0 Å². The zero-order valence-corrected chi connectivity index (χ0v) is 12.1. The van der Waals surface area contributed by atoms with Crippen molar-refractivity contribution in [3.63, 3.8) is 0 Å². The quantitative estimate of drug-likeness (QED) is 0.913. The lowest BCUT2D eigenvalue weighted by Crippen LogP contribution is -2.50. The number of likely N-dealkylation sites (N-methyl/N-ethyl adjacent to an activating group) is 1. The Morgan fingerprint density at radius 2 is 2.00 bits per heavy atom. The number of nitrogens with zero attached hydrogens (tertiary/aromatic N) is 2. The number of rotatable bonds is 3. The highest BCUT2D eigenvalue weighted by Crippen LogP contribution is 2.23. The zero-order chi connectivity index (χ0) is 13.1. The van der Waals surface area contributed by atoms with Crippen molar-refractivity contribution in [2.45, 2.75) is 6.04 Å². The molecular formula is C13H18BrN3O. The van der Waals surface area contributed by atoms with Crippen LogP contribution in [0.25, 0.3) is 0 Å². The van der Waals surface area contributed by atoms with Gasteiger partial charge in [0, 0.05) is 37.2 Å². The van der Waals surface area contributed by atoms with Gasteiger partial charge in [0.2, 0.25) is 5.91 Å². The van der Waals surface area contributed by atoms with Gasteiger partial charge < -0.3 is 10.6 Å². The van der Waals surface area contributed by atoms with Crippen molar-refractivity contribution in [3.05, 3.63) is 34.3 Å². The molecule has 18 heavy (non-hydrogen) atoms. The predicted molar refractivity (Wildman–Crippen MR) is 75.1 cm³/mol. The summed E-state index contributed by atoms with van der Waals surface area (Å²) in [6, 6.07) is 8.26. The largest absolute Gasteiger partial charge is 0.343 e. The van der Waals surface area contributed by atoms with E-state index in [1.165, 1.54) is 0 Å². The van der Waals surface area contributed by atoms with Gasteiger partial charge in [-0.2, -0.15) is 0 Å². The molecule has 0 radical (unpaired) electrons. The van der Waals surface area contributed by atoms with Crippen LogP contribution in [0.4, 0.5) is 0 Å². The summed E-state index contributed by atoms with van der Waals surface area (Å²) < 4.78 is 1.05. The van der Waals surface area contributed by atoms with Crippen molar-refractivity contribution in [2.75, 3.05) is 33.2 Å². The maximum Gasteiger partial charge on any atom is 0.236 e. The molecule has 0 bridgehead atoms. The molecule has 0 saturated carbocycles. The average molecular weight is 312 g/mol. The molecule has 0 spiro atoms. The van der Waals surface area contributed by atoms with Crippen LogP contribution >= 0.6 is 15.9 Å². The monoisotopic (exact) mass is 311 g/mol.